The van der Waals surface area contributed by atoms with Gasteiger partial charge in [0.15, 0.2) is 0 Å². The van der Waals surface area contributed by atoms with Crippen molar-refractivity contribution in [2.45, 2.75) is 32.2 Å². The maximum absolute atomic E-state index is 5.55. The van der Waals surface area contributed by atoms with Crippen molar-refractivity contribution in [1.29, 1.82) is 0 Å². The Kier molecular flexibility index (Phi) is 4.42. The molecular weight excluding hydrogens is 238 g/mol. The molecule has 0 amide bonds. The molecule has 1 aliphatic rings. The SMILES string of the molecule is CNCC1COCCN1c1ccc(C(C)(C)C)cn1. The van der Waals surface area contributed by atoms with E-state index in [0.717, 1.165) is 32.1 Å². The molecule has 1 N–H and O–H groups in total. The molecule has 1 aliphatic heterocycles. The van der Waals surface area contributed by atoms with Crippen molar-refractivity contribution >= 4 is 5.82 Å². The summed E-state index contributed by atoms with van der Waals surface area (Å²) in [5.74, 6) is 1.05. The first kappa shape index (κ1) is 14.3. The van der Waals surface area contributed by atoms with E-state index in [2.05, 4.69) is 48.1 Å². The van der Waals surface area contributed by atoms with Crippen LogP contribution in [0, 0.1) is 0 Å². The monoisotopic (exact) mass is 263 g/mol. The van der Waals surface area contributed by atoms with Crippen LogP contribution < -0.4 is 10.2 Å². The number of hydrogen-bond donors (Lipinski definition) is 1. The van der Waals surface area contributed by atoms with E-state index < -0.39 is 0 Å². The van der Waals surface area contributed by atoms with E-state index in [1.165, 1.54) is 5.56 Å². The number of anilines is 1. The molecule has 2 rings (SSSR count). The van der Waals surface area contributed by atoms with E-state index in [-0.39, 0.29) is 5.41 Å². The van der Waals surface area contributed by atoms with Gasteiger partial charge in [-0.25, -0.2) is 4.98 Å². The van der Waals surface area contributed by atoms with Crippen LogP contribution in [0.1, 0.15) is 26.3 Å². The molecule has 1 aromatic rings. The highest BCUT2D eigenvalue weighted by Gasteiger charge is 2.24. The van der Waals surface area contributed by atoms with Crippen molar-refractivity contribution in [3.63, 3.8) is 0 Å². The average molecular weight is 263 g/mol. The third kappa shape index (κ3) is 3.45. The van der Waals surface area contributed by atoms with E-state index in [1.807, 2.05) is 13.2 Å². The molecule has 4 heteroatoms. The van der Waals surface area contributed by atoms with Crippen LogP contribution in [0.15, 0.2) is 18.3 Å². The van der Waals surface area contributed by atoms with Crippen LogP contribution in [-0.4, -0.2) is 44.4 Å². The van der Waals surface area contributed by atoms with Gasteiger partial charge in [-0.2, -0.15) is 0 Å². The minimum absolute atomic E-state index is 0.154. The lowest BCUT2D eigenvalue weighted by atomic mass is 9.88. The molecule has 4 nitrogen and oxygen atoms in total. The number of morpholine rings is 1. The van der Waals surface area contributed by atoms with Gasteiger partial charge in [-0.05, 0) is 24.1 Å². The highest BCUT2D eigenvalue weighted by atomic mass is 16.5. The molecule has 0 saturated carbocycles. The minimum Gasteiger partial charge on any atom is -0.377 e. The molecule has 0 aromatic carbocycles. The maximum atomic E-state index is 5.55. The molecule has 0 bridgehead atoms. The fourth-order valence-electron chi connectivity index (χ4n) is 2.36. The summed E-state index contributed by atoms with van der Waals surface area (Å²) in [6, 6.07) is 4.69. The summed E-state index contributed by atoms with van der Waals surface area (Å²) in [6.07, 6.45) is 2.00. The Hall–Kier alpha value is -1.13. The zero-order chi connectivity index (χ0) is 13.9. The van der Waals surface area contributed by atoms with Crippen molar-refractivity contribution in [2.75, 3.05) is 38.3 Å². The zero-order valence-corrected chi connectivity index (χ0v) is 12.4. The first-order chi connectivity index (χ1) is 9.02. The molecule has 19 heavy (non-hydrogen) atoms. The number of aromatic nitrogens is 1. The van der Waals surface area contributed by atoms with Gasteiger partial charge < -0.3 is 15.0 Å². The van der Waals surface area contributed by atoms with E-state index in [9.17, 15) is 0 Å². The Labute approximate surface area is 116 Å². The summed E-state index contributed by atoms with van der Waals surface area (Å²) < 4.78 is 5.55. The molecule has 0 aliphatic carbocycles. The van der Waals surface area contributed by atoms with Crippen molar-refractivity contribution in [3.05, 3.63) is 23.9 Å². The van der Waals surface area contributed by atoms with Crippen LogP contribution in [-0.2, 0) is 10.2 Å². The number of hydrogen-bond acceptors (Lipinski definition) is 4. The second-order valence-corrected chi connectivity index (χ2v) is 6.13. The van der Waals surface area contributed by atoms with Crippen LogP contribution in [0.2, 0.25) is 0 Å². The second-order valence-electron chi connectivity index (χ2n) is 6.13. The number of rotatable bonds is 3. The maximum Gasteiger partial charge on any atom is 0.128 e. The van der Waals surface area contributed by atoms with Gasteiger partial charge in [0.25, 0.3) is 0 Å². The van der Waals surface area contributed by atoms with Gasteiger partial charge in [-0.15, -0.1) is 0 Å². The lowest BCUT2D eigenvalue weighted by Crippen LogP contribution is -2.50. The largest absolute Gasteiger partial charge is 0.377 e. The van der Waals surface area contributed by atoms with Gasteiger partial charge in [0.1, 0.15) is 5.82 Å². The van der Waals surface area contributed by atoms with Gasteiger partial charge in [-0.1, -0.05) is 26.8 Å². The molecule has 0 radical (unpaired) electrons. The molecule has 1 aromatic heterocycles. The number of ether oxygens (including phenoxy) is 1. The van der Waals surface area contributed by atoms with Crippen LogP contribution in [0.25, 0.3) is 0 Å². The Bertz CT molecular complexity index is 395. The Morgan fingerprint density at radius 2 is 2.21 bits per heavy atom. The first-order valence-corrected chi connectivity index (χ1v) is 6.98. The predicted octanol–water partition coefficient (Wildman–Crippen LogP) is 1.80. The quantitative estimate of drug-likeness (QED) is 0.902. The van der Waals surface area contributed by atoms with E-state index in [4.69, 9.17) is 4.74 Å². The van der Waals surface area contributed by atoms with Crippen molar-refractivity contribution in [2.24, 2.45) is 0 Å². The third-order valence-electron chi connectivity index (χ3n) is 3.58. The number of nitrogens with one attached hydrogen (secondary N) is 1. The standard InChI is InChI=1S/C15H25N3O/c1-15(2,3)12-5-6-14(17-9-12)18-7-8-19-11-13(18)10-16-4/h5-6,9,13,16H,7-8,10-11H2,1-4H3. The molecule has 1 unspecified atom stereocenters. The van der Waals surface area contributed by atoms with Crippen LogP contribution >= 0.6 is 0 Å². The van der Waals surface area contributed by atoms with Crippen LogP contribution in [0.3, 0.4) is 0 Å². The Morgan fingerprint density at radius 1 is 1.42 bits per heavy atom. The van der Waals surface area contributed by atoms with Crippen LogP contribution in [0.4, 0.5) is 5.82 Å². The lowest BCUT2D eigenvalue weighted by Gasteiger charge is -2.36. The normalized spacial score (nSPS) is 20.6. The Balaban J connectivity index is 2.15. The first-order valence-electron chi connectivity index (χ1n) is 6.98. The van der Waals surface area contributed by atoms with Crippen LogP contribution in [0.5, 0.6) is 0 Å². The third-order valence-corrected chi connectivity index (χ3v) is 3.58. The fourth-order valence-corrected chi connectivity index (χ4v) is 2.36. The summed E-state index contributed by atoms with van der Waals surface area (Å²) in [4.78, 5) is 6.98. The van der Waals surface area contributed by atoms with E-state index in [1.54, 1.807) is 0 Å². The van der Waals surface area contributed by atoms with E-state index >= 15 is 0 Å². The lowest BCUT2D eigenvalue weighted by molar-refractivity contribution is 0.0939. The summed E-state index contributed by atoms with van der Waals surface area (Å²) in [7, 11) is 1.98. The molecule has 106 valence electrons. The summed E-state index contributed by atoms with van der Waals surface area (Å²) in [5.41, 5.74) is 1.43. The minimum atomic E-state index is 0.154. The van der Waals surface area contributed by atoms with Crippen molar-refractivity contribution in [1.82, 2.24) is 10.3 Å². The number of pyridine rings is 1. The number of nitrogens with zero attached hydrogens (tertiary/aromatic N) is 2. The molecular formula is C15H25N3O. The molecule has 0 spiro atoms. The highest BCUT2D eigenvalue weighted by Crippen LogP contribution is 2.24. The highest BCUT2D eigenvalue weighted by molar-refractivity contribution is 5.42. The smallest absolute Gasteiger partial charge is 0.128 e. The van der Waals surface area contributed by atoms with Gasteiger partial charge in [-0.3, -0.25) is 0 Å². The van der Waals surface area contributed by atoms with Crippen molar-refractivity contribution < 1.29 is 4.74 Å². The predicted molar refractivity (Wildman–Crippen MR) is 78.8 cm³/mol. The summed E-state index contributed by atoms with van der Waals surface area (Å²) in [6.45, 7) is 10.0. The van der Waals surface area contributed by atoms with E-state index in [0.29, 0.717) is 6.04 Å². The second kappa shape index (κ2) is 5.88. The Morgan fingerprint density at radius 3 is 2.79 bits per heavy atom. The fraction of sp³-hybridized carbons (Fsp3) is 0.667. The topological polar surface area (TPSA) is 37.4 Å². The van der Waals surface area contributed by atoms with Crippen molar-refractivity contribution in [3.8, 4) is 0 Å². The molecule has 1 atom stereocenters. The summed E-state index contributed by atoms with van der Waals surface area (Å²) >= 11 is 0. The van der Waals surface area contributed by atoms with Gasteiger partial charge in [0.2, 0.25) is 0 Å². The summed E-state index contributed by atoms with van der Waals surface area (Å²) in [5, 5.41) is 3.22. The molecule has 1 fully saturated rings. The molecule has 2 heterocycles. The molecule has 1 saturated heterocycles. The zero-order valence-electron chi connectivity index (χ0n) is 12.4. The number of likely N-dealkylation sites (N-methyl/N-ethyl adjacent to an activating group) is 1. The van der Waals surface area contributed by atoms with Gasteiger partial charge in [0.05, 0.1) is 19.3 Å². The van der Waals surface area contributed by atoms with Gasteiger partial charge >= 0.3 is 0 Å². The van der Waals surface area contributed by atoms with Gasteiger partial charge in [0, 0.05) is 19.3 Å². The average Bonchev–Trinajstić information content (AvgIpc) is 2.39.